The highest BCUT2D eigenvalue weighted by molar-refractivity contribution is 5.62. The van der Waals surface area contributed by atoms with E-state index in [4.69, 9.17) is 6.11 Å². The van der Waals surface area contributed by atoms with Gasteiger partial charge in [-0.2, -0.15) is 0 Å². The van der Waals surface area contributed by atoms with E-state index in [-0.39, 0.29) is 12.0 Å². The van der Waals surface area contributed by atoms with Crippen LogP contribution in [0.1, 0.15) is 38.8 Å². The van der Waals surface area contributed by atoms with Crippen LogP contribution in [0.4, 0.5) is 0 Å². The lowest BCUT2D eigenvalue weighted by Gasteiger charge is -2.31. The number of pyridine rings is 1. The summed E-state index contributed by atoms with van der Waals surface area (Å²) in [6.45, 7) is 8.07. The molecule has 1 aromatic heterocycles. The molecule has 0 aromatic carbocycles. The molecule has 2 nitrogen and oxygen atoms in total. The molecule has 2 atom stereocenters. The van der Waals surface area contributed by atoms with E-state index in [9.17, 15) is 0 Å². The molecule has 74 valence electrons. The average molecular weight is 190 g/mol. The predicted molar refractivity (Wildman–Crippen MR) is 56.9 cm³/mol. The summed E-state index contributed by atoms with van der Waals surface area (Å²) in [5.41, 5.74) is 1.90. The van der Waals surface area contributed by atoms with Crippen LogP contribution in [-0.2, 0) is 4.74 Å². The van der Waals surface area contributed by atoms with Crippen molar-refractivity contribution in [1.82, 2.24) is 4.98 Å². The average Bonchev–Trinajstić information content (AvgIpc) is 2.23. The molecule has 0 N–H and O–H groups in total. The van der Waals surface area contributed by atoms with Gasteiger partial charge in [0.15, 0.2) is 0 Å². The highest BCUT2D eigenvalue weighted by Crippen LogP contribution is 2.35. The van der Waals surface area contributed by atoms with E-state index in [2.05, 4.69) is 25.4 Å². The lowest BCUT2D eigenvalue weighted by molar-refractivity contribution is 0.127. The molecule has 1 aliphatic rings. The third-order valence-corrected chi connectivity index (χ3v) is 2.77. The van der Waals surface area contributed by atoms with Crippen LogP contribution in [0, 0.1) is 0 Å². The van der Waals surface area contributed by atoms with E-state index in [0.29, 0.717) is 11.9 Å². The normalized spacial score (nSPS) is 26.4. The van der Waals surface area contributed by atoms with Gasteiger partial charge in [0.25, 0.3) is 0 Å². The molecule has 0 fully saturated rings. The first-order valence-electron chi connectivity index (χ1n) is 5.47. The largest absolute Gasteiger partial charge is 0.490 e. The maximum absolute atomic E-state index is 7.53. The van der Waals surface area contributed by atoms with Crippen molar-refractivity contribution in [1.29, 1.82) is 0 Å². The Morgan fingerprint density at radius 3 is 3.21 bits per heavy atom. The minimum absolute atomic E-state index is 0.138. The number of hydrogen-bond acceptors (Lipinski definition) is 2. The molecule has 2 heteroatoms. The van der Waals surface area contributed by atoms with Crippen LogP contribution in [-0.4, -0.2) is 11.1 Å². The molecule has 1 aliphatic heterocycles. The van der Waals surface area contributed by atoms with Crippen molar-refractivity contribution >= 4 is 5.76 Å². The number of rotatable bonds is 1. The maximum Gasteiger partial charge on any atom is 0.121 e. The number of hydrogen-bond donors (Lipinski definition) is 0. The number of aromatic nitrogens is 1. The molecule has 14 heavy (non-hydrogen) atoms. The van der Waals surface area contributed by atoms with Crippen molar-refractivity contribution in [3.63, 3.8) is 0 Å². The van der Waals surface area contributed by atoms with Gasteiger partial charge in [-0.25, -0.2) is 0 Å². The lowest BCUT2D eigenvalue weighted by atomic mass is 9.91. The zero-order chi connectivity index (χ0) is 11.0. The Bertz CT molecular complexity index is 403. The van der Waals surface area contributed by atoms with Crippen molar-refractivity contribution in [2.24, 2.45) is 0 Å². The second-order valence-corrected chi connectivity index (χ2v) is 3.65. The first kappa shape index (κ1) is 8.04. The second-order valence-electron chi connectivity index (χ2n) is 3.65. The van der Waals surface area contributed by atoms with Gasteiger partial charge in [-0.15, -0.1) is 0 Å². The molecule has 0 bridgehead atoms. The standard InChI is InChI=1S/C12H15NO/c1-4-11-8(2)12-10(9(3)14-11)6-5-7-13-12/h5-8,11H,3-4H2,1-2H3/t8-,11-/m1/s1/i7D. The van der Waals surface area contributed by atoms with E-state index in [1.54, 1.807) is 6.07 Å². The molecule has 0 amide bonds. The first-order valence-corrected chi connectivity index (χ1v) is 4.97. The fourth-order valence-electron chi connectivity index (χ4n) is 1.92. The SMILES string of the molecule is [2H]c1ccc2c(n1)[C@H](C)[C@@H](CC)OC2=C. The van der Waals surface area contributed by atoms with Crippen LogP contribution < -0.4 is 0 Å². The zero-order valence-corrected chi connectivity index (χ0v) is 8.58. The third kappa shape index (κ3) is 1.31. The summed E-state index contributed by atoms with van der Waals surface area (Å²) in [4.78, 5) is 4.27. The van der Waals surface area contributed by atoms with Gasteiger partial charge < -0.3 is 4.74 Å². The summed E-state index contributed by atoms with van der Waals surface area (Å²) >= 11 is 0. The van der Waals surface area contributed by atoms with Crippen molar-refractivity contribution in [3.05, 3.63) is 36.1 Å². The lowest BCUT2D eigenvalue weighted by Crippen LogP contribution is -2.25. The molecular weight excluding hydrogens is 174 g/mol. The first-order chi connectivity index (χ1) is 7.13. The van der Waals surface area contributed by atoms with Gasteiger partial charge >= 0.3 is 0 Å². The van der Waals surface area contributed by atoms with Crippen LogP contribution in [0.2, 0.25) is 0 Å². The Balaban J connectivity index is 2.50. The van der Waals surface area contributed by atoms with Gasteiger partial charge in [0.2, 0.25) is 0 Å². The fraction of sp³-hybridized carbons (Fsp3) is 0.417. The Morgan fingerprint density at radius 1 is 1.71 bits per heavy atom. The molecule has 0 radical (unpaired) electrons. The van der Waals surface area contributed by atoms with Gasteiger partial charge in [0.1, 0.15) is 11.9 Å². The monoisotopic (exact) mass is 190 g/mol. The molecule has 0 saturated heterocycles. The molecule has 1 aromatic rings. The van der Waals surface area contributed by atoms with E-state index in [1.807, 2.05) is 6.07 Å². The topological polar surface area (TPSA) is 22.1 Å². The number of ether oxygens (including phenoxy) is 1. The van der Waals surface area contributed by atoms with Crippen LogP contribution in [0.15, 0.2) is 24.9 Å². The quantitative estimate of drug-likeness (QED) is 0.679. The Morgan fingerprint density at radius 2 is 2.50 bits per heavy atom. The maximum atomic E-state index is 7.53. The Kier molecular flexibility index (Phi) is 1.98. The van der Waals surface area contributed by atoms with Gasteiger partial charge in [-0.3, -0.25) is 4.98 Å². The van der Waals surface area contributed by atoms with Crippen LogP contribution in [0.3, 0.4) is 0 Å². The highest BCUT2D eigenvalue weighted by atomic mass is 16.5. The van der Waals surface area contributed by atoms with E-state index < -0.39 is 0 Å². The van der Waals surface area contributed by atoms with Crippen LogP contribution in [0.25, 0.3) is 5.76 Å². The summed E-state index contributed by atoms with van der Waals surface area (Å²) in [5, 5.41) is 0. The molecule has 0 saturated carbocycles. The summed E-state index contributed by atoms with van der Waals surface area (Å²) in [6.07, 6.45) is 1.38. The summed E-state index contributed by atoms with van der Waals surface area (Å²) in [6, 6.07) is 3.54. The van der Waals surface area contributed by atoms with E-state index in [1.165, 1.54) is 0 Å². The molecule has 0 aliphatic carbocycles. The van der Waals surface area contributed by atoms with E-state index >= 15 is 0 Å². The Labute approximate surface area is 86.0 Å². The minimum Gasteiger partial charge on any atom is -0.490 e. The second kappa shape index (κ2) is 3.45. The molecule has 0 unspecified atom stereocenters. The molecular formula is C12H15NO. The summed E-state index contributed by atoms with van der Waals surface area (Å²) in [7, 11) is 0. The number of nitrogens with zero attached hydrogens (tertiary/aromatic N) is 1. The smallest absolute Gasteiger partial charge is 0.121 e. The third-order valence-electron chi connectivity index (χ3n) is 2.77. The van der Waals surface area contributed by atoms with Gasteiger partial charge in [-0.1, -0.05) is 20.4 Å². The van der Waals surface area contributed by atoms with Crippen molar-refractivity contribution in [2.45, 2.75) is 32.3 Å². The highest BCUT2D eigenvalue weighted by Gasteiger charge is 2.29. The van der Waals surface area contributed by atoms with Gasteiger partial charge in [-0.05, 0) is 18.6 Å². The van der Waals surface area contributed by atoms with Gasteiger partial charge in [0, 0.05) is 17.7 Å². The predicted octanol–water partition coefficient (Wildman–Crippen LogP) is 2.96. The molecule has 0 spiro atoms. The van der Waals surface area contributed by atoms with Crippen molar-refractivity contribution in [3.8, 4) is 0 Å². The van der Waals surface area contributed by atoms with Crippen LogP contribution >= 0.6 is 0 Å². The molecule has 2 rings (SSSR count). The summed E-state index contributed by atoms with van der Waals surface area (Å²) in [5.74, 6) is 0.920. The van der Waals surface area contributed by atoms with Gasteiger partial charge in [0.05, 0.1) is 7.06 Å². The molecule has 2 heterocycles. The van der Waals surface area contributed by atoms with Crippen molar-refractivity contribution in [2.75, 3.05) is 0 Å². The summed E-state index contributed by atoms with van der Waals surface area (Å²) < 4.78 is 13.3. The zero-order valence-electron chi connectivity index (χ0n) is 9.58. The fourth-order valence-corrected chi connectivity index (χ4v) is 1.92. The Hall–Kier alpha value is -1.31. The van der Waals surface area contributed by atoms with Crippen molar-refractivity contribution < 1.29 is 6.11 Å². The van der Waals surface area contributed by atoms with E-state index in [0.717, 1.165) is 17.7 Å². The number of fused-ring (bicyclic) bond motifs is 1. The minimum atomic E-state index is 0.138. The van der Waals surface area contributed by atoms with Crippen LogP contribution in [0.5, 0.6) is 0 Å².